The fourth-order valence-electron chi connectivity index (χ4n) is 2.46. The number of hydrogen-bond acceptors (Lipinski definition) is 6. The Kier molecular flexibility index (Phi) is 4.56. The Morgan fingerprint density at radius 2 is 2.04 bits per heavy atom. The van der Waals surface area contributed by atoms with E-state index in [4.69, 9.17) is 4.74 Å². The number of nitrogens with one attached hydrogen (secondary N) is 1. The fraction of sp³-hybridized carbons (Fsp3) is 0.333. The molecule has 1 aromatic carbocycles. The van der Waals surface area contributed by atoms with Gasteiger partial charge >= 0.3 is 0 Å². The quantitative estimate of drug-likeness (QED) is 0.913. The van der Waals surface area contributed by atoms with Gasteiger partial charge < -0.3 is 10.1 Å². The molecule has 122 valence electrons. The van der Waals surface area contributed by atoms with Crippen LogP contribution in [0.2, 0.25) is 0 Å². The molecule has 0 aliphatic carbocycles. The summed E-state index contributed by atoms with van der Waals surface area (Å²) in [5.41, 5.74) is 0.900. The molecule has 0 bridgehead atoms. The van der Waals surface area contributed by atoms with Gasteiger partial charge in [0.15, 0.2) is 5.82 Å². The van der Waals surface area contributed by atoms with E-state index in [1.165, 1.54) is 10.6 Å². The molecular formula is C15H18N4O3S. The average molecular weight is 334 g/mol. The maximum absolute atomic E-state index is 11.9. The van der Waals surface area contributed by atoms with E-state index < -0.39 is 16.1 Å². The molecule has 2 aromatic rings. The van der Waals surface area contributed by atoms with Crippen LogP contribution in [0.1, 0.15) is 11.9 Å². The minimum absolute atomic E-state index is 0.252. The second-order valence-electron chi connectivity index (χ2n) is 5.26. The number of benzene rings is 1. The maximum Gasteiger partial charge on any atom is 0.212 e. The van der Waals surface area contributed by atoms with E-state index in [1.54, 1.807) is 12.3 Å². The van der Waals surface area contributed by atoms with Crippen LogP contribution in [0.5, 0.6) is 0 Å². The van der Waals surface area contributed by atoms with E-state index in [0.29, 0.717) is 24.8 Å². The first-order valence-corrected chi connectivity index (χ1v) is 9.08. The standard InChI is InChI=1S/C15H18N4O3S/c1-23(20,21)19-9-10-22-11-13(19)15-16-8-7-14(18-15)17-12-5-3-2-4-6-12/h2-8,13H,9-11H2,1H3,(H,16,17,18). The zero-order valence-corrected chi connectivity index (χ0v) is 13.5. The molecule has 0 radical (unpaired) electrons. The topological polar surface area (TPSA) is 84.4 Å². The zero-order chi connectivity index (χ0) is 16.3. The van der Waals surface area contributed by atoms with Gasteiger partial charge in [0.1, 0.15) is 11.9 Å². The lowest BCUT2D eigenvalue weighted by molar-refractivity contribution is 0.0293. The van der Waals surface area contributed by atoms with Crippen LogP contribution in [0, 0.1) is 0 Å². The molecule has 1 atom stereocenters. The first-order chi connectivity index (χ1) is 11.0. The van der Waals surface area contributed by atoms with Gasteiger partial charge in [-0.3, -0.25) is 0 Å². The Balaban J connectivity index is 1.86. The van der Waals surface area contributed by atoms with E-state index in [2.05, 4.69) is 15.3 Å². The molecule has 1 aliphatic rings. The Morgan fingerprint density at radius 3 is 2.78 bits per heavy atom. The minimum Gasteiger partial charge on any atom is -0.378 e. The van der Waals surface area contributed by atoms with Crippen LogP contribution >= 0.6 is 0 Å². The number of para-hydroxylation sites is 1. The molecule has 8 heteroatoms. The third-order valence-electron chi connectivity index (χ3n) is 3.52. The van der Waals surface area contributed by atoms with Crippen molar-refractivity contribution in [1.29, 1.82) is 0 Å². The second kappa shape index (κ2) is 6.61. The van der Waals surface area contributed by atoms with Crippen molar-refractivity contribution in [3.05, 3.63) is 48.4 Å². The van der Waals surface area contributed by atoms with E-state index in [0.717, 1.165) is 5.69 Å². The molecule has 1 fully saturated rings. The zero-order valence-electron chi connectivity index (χ0n) is 12.7. The van der Waals surface area contributed by atoms with Gasteiger partial charge in [-0.25, -0.2) is 18.4 Å². The van der Waals surface area contributed by atoms with E-state index in [-0.39, 0.29) is 6.61 Å². The molecule has 2 heterocycles. The van der Waals surface area contributed by atoms with Crippen molar-refractivity contribution in [2.24, 2.45) is 0 Å². The monoisotopic (exact) mass is 334 g/mol. The van der Waals surface area contributed by atoms with Crippen molar-refractivity contribution in [3.63, 3.8) is 0 Å². The van der Waals surface area contributed by atoms with Gasteiger partial charge in [0.2, 0.25) is 10.0 Å². The summed E-state index contributed by atoms with van der Waals surface area (Å²) < 4.78 is 30.7. The van der Waals surface area contributed by atoms with Crippen LogP contribution in [0.25, 0.3) is 0 Å². The van der Waals surface area contributed by atoms with Gasteiger partial charge in [-0.15, -0.1) is 0 Å². The number of hydrogen-bond donors (Lipinski definition) is 1. The molecule has 0 saturated carbocycles. The highest BCUT2D eigenvalue weighted by Crippen LogP contribution is 2.25. The lowest BCUT2D eigenvalue weighted by Gasteiger charge is -2.32. The number of morpholine rings is 1. The summed E-state index contributed by atoms with van der Waals surface area (Å²) in [6.07, 6.45) is 2.81. The highest BCUT2D eigenvalue weighted by atomic mass is 32.2. The van der Waals surface area contributed by atoms with Crippen molar-refractivity contribution >= 4 is 21.5 Å². The molecular weight excluding hydrogens is 316 g/mol. The summed E-state index contributed by atoms with van der Waals surface area (Å²) in [6, 6.07) is 10.9. The Hall–Kier alpha value is -2.03. The predicted molar refractivity (Wildman–Crippen MR) is 86.9 cm³/mol. The third-order valence-corrected chi connectivity index (χ3v) is 4.81. The molecule has 1 aromatic heterocycles. The van der Waals surface area contributed by atoms with Gasteiger partial charge in [0.25, 0.3) is 0 Å². The Labute approximate surface area is 135 Å². The Bertz CT molecular complexity index is 767. The molecule has 7 nitrogen and oxygen atoms in total. The van der Waals surface area contributed by atoms with Gasteiger partial charge in [0, 0.05) is 18.4 Å². The van der Waals surface area contributed by atoms with Crippen LogP contribution in [0.4, 0.5) is 11.5 Å². The summed E-state index contributed by atoms with van der Waals surface area (Å²) >= 11 is 0. The Morgan fingerprint density at radius 1 is 1.26 bits per heavy atom. The number of sulfonamides is 1. The normalized spacial score (nSPS) is 19.4. The van der Waals surface area contributed by atoms with Crippen LogP contribution in [-0.2, 0) is 14.8 Å². The highest BCUT2D eigenvalue weighted by molar-refractivity contribution is 7.88. The number of anilines is 2. The minimum atomic E-state index is -3.34. The van der Waals surface area contributed by atoms with Crippen molar-refractivity contribution in [3.8, 4) is 0 Å². The summed E-state index contributed by atoms with van der Waals surface area (Å²) in [6.45, 7) is 0.941. The maximum atomic E-state index is 11.9. The molecule has 23 heavy (non-hydrogen) atoms. The number of ether oxygens (including phenoxy) is 1. The van der Waals surface area contributed by atoms with Crippen molar-refractivity contribution < 1.29 is 13.2 Å². The van der Waals surface area contributed by atoms with E-state index >= 15 is 0 Å². The van der Waals surface area contributed by atoms with Gasteiger partial charge in [-0.2, -0.15) is 4.31 Å². The largest absolute Gasteiger partial charge is 0.378 e. The van der Waals surface area contributed by atoms with Crippen LogP contribution in [0.3, 0.4) is 0 Å². The second-order valence-corrected chi connectivity index (χ2v) is 7.19. The van der Waals surface area contributed by atoms with Crippen molar-refractivity contribution in [2.45, 2.75) is 6.04 Å². The fourth-order valence-corrected chi connectivity index (χ4v) is 3.49. The summed E-state index contributed by atoms with van der Waals surface area (Å²) in [7, 11) is -3.34. The highest BCUT2D eigenvalue weighted by Gasteiger charge is 2.33. The molecule has 1 N–H and O–H groups in total. The lowest BCUT2D eigenvalue weighted by atomic mass is 10.2. The van der Waals surface area contributed by atoms with Crippen molar-refractivity contribution in [2.75, 3.05) is 31.3 Å². The SMILES string of the molecule is CS(=O)(=O)N1CCOCC1c1nccc(Nc2ccccc2)n1. The summed E-state index contributed by atoms with van der Waals surface area (Å²) in [5, 5.41) is 3.18. The number of nitrogens with zero attached hydrogens (tertiary/aromatic N) is 3. The summed E-state index contributed by atoms with van der Waals surface area (Å²) in [4.78, 5) is 8.68. The van der Waals surface area contributed by atoms with Crippen LogP contribution in [-0.4, -0.2) is 48.7 Å². The van der Waals surface area contributed by atoms with Crippen molar-refractivity contribution in [1.82, 2.24) is 14.3 Å². The van der Waals surface area contributed by atoms with Crippen LogP contribution in [0.15, 0.2) is 42.6 Å². The number of aromatic nitrogens is 2. The molecule has 1 saturated heterocycles. The van der Waals surface area contributed by atoms with Crippen LogP contribution < -0.4 is 5.32 Å². The molecule has 0 amide bonds. The van der Waals surface area contributed by atoms with Gasteiger partial charge in [-0.1, -0.05) is 18.2 Å². The smallest absolute Gasteiger partial charge is 0.212 e. The molecule has 3 rings (SSSR count). The first-order valence-electron chi connectivity index (χ1n) is 7.23. The lowest BCUT2D eigenvalue weighted by Crippen LogP contribution is -2.43. The number of rotatable bonds is 4. The van der Waals surface area contributed by atoms with E-state index in [1.807, 2.05) is 30.3 Å². The molecule has 0 spiro atoms. The van der Waals surface area contributed by atoms with E-state index in [9.17, 15) is 8.42 Å². The third kappa shape index (κ3) is 3.84. The first kappa shape index (κ1) is 15.9. The van der Waals surface area contributed by atoms with Gasteiger partial charge in [0.05, 0.1) is 19.5 Å². The molecule has 1 aliphatic heterocycles. The molecule has 1 unspecified atom stereocenters. The predicted octanol–water partition coefficient (Wildman–Crippen LogP) is 1.55. The van der Waals surface area contributed by atoms with Gasteiger partial charge in [-0.05, 0) is 18.2 Å². The summed E-state index contributed by atoms with van der Waals surface area (Å²) in [5.74, 6) is 1.04. The average Bonchev–Trinajstić information content (AvgIpc) is 2.55.